The molecule has 1 aliphatic rings. The molecule has 1 aliphatic heterocycles. The van der Waals surface area contributed by atoms with E-state index in [9.17, 15) is 0 Å². The van der Waals surface area contributed by atoms with Crippen molar-refractivity contribution in [3.8, 4) is 11.4 Å². The molecule has 1 atom stereocenters. The summed E-state index contributed by atoms with van der Waals surface area (Å²) in [6, 6.07) is 8.01. The summed E-state index contributed by atoms with van der Waals surface area (Å²) in [6.07, 6.45) is 4.20. The molecular formula is C15H20N4O. The van der Waals surface area contributed by atoms with Gasteiger partial charge in [-0.25, -0.2) is 0 Å². The Balaban J connectivity index is 1.88. The van der Waals surface area contributed by atoms with Crippen LogP contribution < -0.4 is 4.74 Å². The summed E-state index contributed by atoms with van der Waals surface area (Å²) in [5, 5.41) is 8.45. The molecule has 5 heteroatoms. The van der Waals surface area contributed by atoms with Crippen LogP contribution in [0.15, 0.2) is 30.6 Å². The van der Waals surface area contributed by atoms with E-state index in [1.807, 2.05) is 24.3 Å². The maximum Gasteiger partial charge on any atom is 0.141 e. The average molecular weight is 272 g/mol. The van der Waals surface area contributed by atoms with E-state index in [2.05, 4.69) is 26.7 Å². The van der Waals surface area contributed by atoms with Crippen LogP contribution in [0.1, 0.15) is 24.6 Å². The number of hydrogen-bond donors (Lipinski definition) is 0. The number of benzene rings is 1. The summed E-state index contributed by atoms with van der Waals surface area (Å²) in [5.74, 6) is 2.38. The molecule has 0 saturated carbocycles. The van der Waals surface area contributed by atoms with Crippen LogP contribution in [0.2, 0.25) is 0 Å². The largest absolute Gasteiger partial charge is 0.497 e. The van der Waals surface area contributed by atoms with Crippen LogP contribution in [0.5, 0.6) is 5.75 Å². The van der Waals surface area contributed by atoms with Gasteiger partial charge in [0.2, 0.25) is 0 Å². The predicted octanol–water partition coefficient (Wildman–Crippen LogP) is 2.09. The Kier molecular flexibility index (Phi) is 3.69. The second-order valence-electron chi connectivity index (χ2n) is 5.36. The van der Waals surface area contributed by atoms with Gasteiger partial charge in [0.05, 0.1) is 7.11 Å². The van der Waals surface area contributed by atoms with E-state index >= 15 is 0 Å². The first-order valence-corrected chi connectivity index (χ1v) is 7.01. The van der Waals surface area contributed by atoms with Gasteiger partial charge in [-0.1, -0.05) is 0 Å². The molecule has 1 aromatic heterocycles. The highest BCUT2D eigenvalue weighted by Gasteiger charge is 2.23. The molecule has 0 radical (unpaired) electrons. The summed E-state index contributed by atoms with van der Waals surface area (Å²) >= 11 is 0. The Hall–Kier alpha value is -1.88. The molecule has 0 aliphatic carbocycles. The van der Waals surface area contributed by atoms with Crippen LogP contribution in [0.4, 0.5) is 0 Å². The highest BCUT2D eigenvalue weighted by atomic mass is 16.5. The lowest BCUT2D eigenvalue weighted by Gasteiger charge is -2.29. The molecule has 0 spiro atoms. The zero-order valence-corrected chi connectivity index (χ0v) is 12.0. The van der Waals surface area contributed by atoms with Crippen molar-refractivity contribution in [3.63, 3.8) is 0 Å². The van der Waals surface area contributed by atoms with Gasteiger partial charge in [-0.15, -0.1) is 10.2 Å². The Morgan fingerprint density at radius 1 is 1.25 bits per heavy atom. The second kappa shape index (κ2) is 5.63. The number of rotatable bonds is 3. The minimum atomic E-state index is 0.457. The van der Waals surface area contributed by atoms with Gasteiger partial charge in [-0.3, -0.25) is 4.57 Å². The summed E-state index contributed by atoms with van der Waals surface area (Å²) < 4.78 is 7.29. The summed E-state index contributed by atoms with van der Waals surface area (Å²) in [4.78, 5) is 2.36. The lowest BCUT2D eigenvalue weighted by molar-refractivity contribution is 0.244. The van der Waals surface area contributed by atoms with Crippen LogP contribution in [-0.2, 0) is 0 Å². The van der Waals surface area contributed by atoms with E-state index in [-0.39, 0.29) is 0 Å². The lowest BCUT2D eigenvalue weighted by atomic mass is 9.97. The van der Waals surface area contributed by atoms with Crippen LogP contribution in [0, 0.1) is 0 Å². The maximum absolute atomic E-state index is 5.20. The van der Waals surface area contributed by atoms with Gasteiger partial charge in [0.25, 0.3) is 0 Å². The fraction of sp³-hybridized carbons (Fsp3) is 0.467. The van der Waals surface area contributed by atoms with E-state index in [1.54, 1.807) is 13.4 Å². The molecule has 1 aromatic carbocycles. The van der Waals surface area contributed by atoms with Crippen molar-refractivity contribution in [2.45, 2.75) is 18.8 Å². The van der Waals surface area contributed by atoms with Crippen LogP contribution in [0.25, 0.3) is 5.69 Å². The van der Waals surface area contributed by atoms with Crippen molar-refractivity contribution in [3.05, 3.63) is 36.4 Å². The molecule has 5 nitrogen and oxygen atoms in total. The van der Waals surface area contributed by atoms with Crippen LogP contribution in [-0.4, -0.2) is 46.9 Å². The first kappa shape index (κ1) is 13.1. The number of hydrogen-bond acceptors (Lipinski definition) is 4. The molecule has 0 N–H and O–H groups in total. The van der Waals surface area contributed by atoms with Crippen LogP contribution >= 0.6 is 0 Å². The molecule has 1 saturated heterocycles. The van der Waals surface area contributed by atoms with Gasteiger partial charge < -0.3 is 9.64 Å². The van der Waals surface area contributed by atoms with Gasteiger partial charge in [0, 0.05) is 18.2 Å². The third kappa shape index (κ3) is 2.54. The quantitative estimate of drug-likeness (QED) is 0.858. The third-order valence-corrected chi connectivity index (χ3v) is 3.91. The number of ether oxygens (including phenoxy) is 1. The fourth-order valence-electron chi connectivity index (χ4n) is 2.84. The zero-order valence-electron chi connectivity index (χ0n) is 12.0. The van der Waals surface area contributed by atoms with E-state index in [1.165, 1.54) is 19.4 Å². The van der Waals surface area contributed by atoms with Gasteiger partial charge in [0.15, 0.2) is 0 Å². The maximum atomic E-state index is 5.20. The first-order valence-electron chi connectivity index (χ1n) is 7.01. The summed E-state index contributed by atoms with van der Waals surface area (Å²) in [6.45, 7) is 2.22. The summed E-state index contributed by atoms with van der Waals surface area (Å²) in [7, 11) is 3.84. The predicted molar refractivity (Wildman–Crippen MR) is 77.4 cm³/mol. The molecule has 0 bridgehead atoms. The lowest BCUT2D eigenvalue weighted by Crippen LogP contribution is -2.32. The topological polar surface area (TPSA) is 43.2 Å². The monoisotopic (exact) mass is 272 g/mol. The number of methoxy groups -OCH3 is 1. The zero-order chi connectivity index (χ0) is 13.9. The third-order valence-electron chi connectivity index (χ3n) is 3.91. The molecule has 1 fully saturated rings. The molecule has 2 heterocycles. The Morgan fingerprint density at radius 3 is 2.75 bits per heavy atom. The Morgan fingerprint density at radius 2 is 2.05 bits per heavy atom. The van der Waals surface area contributed by atoms with Gasteiger partial charge >= 0.3 is 0 Å². The van der Waals surface area contributed by atoms with Gasteiger partial charge in [0.1, 0.15) is 17.9 Å². The highest BCUT2D eigenvalue weighted by molar-refractivity contribution is 5.38. The minimum absolute atomic E-state index is 0.457. The highest BCUT2D eigenvalue weighted by Crippen LogP contribution is 2.26. The molecular weight excluding hydrogens is 252 g/mol. The number of nitrogens with zero attached hydrogens (tertiary/aromatic N) is 4. The first-order chi connectivity index (χ1) is 9.78. The van der Waals surface area contributed by atoms with E-state index in [4.69, 9.17) is 4.74 Å². The van der Waals surface area contributed by atoms with Crippen molar-refractivity contribution >= 4 is 0 Å². The van der Waals surface area contributed by atoms with Crippen molar-refractivity contribution in [1.82, 2.24) is 19.7 Å². The minimum Gasteiger partial charge on any atom is -0.497 e. The Labute approximate surface area is 119 Å². The van der Waals surface area contributed by atoms with E-state index in [0.717, 1.165) is 23.8 Å². The van der Waals surface area contributed by atoms with Crippen molar-refractivity contribution < 1.29 is 4.74 Å². The fourth-order valence-corrected chi connectivity index (χ4v) is 2.84. The number of aromatic nitrogens is 3. The van der Waals surface area contributed by atoms with Gasteiger partial charge in [-0.05, 0) is 50.7 Å². The Bertz CT molecular complexity index is 564. The number of likely N-dealkylation sites (tertiary alicyclic amines) is 1. The molecule has 0 unspecified atom stereocenters. The van der Waals surface area contributed by atoms with Crippen molar-refractivity contribution in [2.24, 2.45) is 0 Å². The van der Waals surface area contributed by atoms with Gasteiger partial charge in [-0.2, -0.15) is 0 Å². The normalized spacial score (nSPS) is 20.0. The van der Waals surface area contributed by atoms with E-state index in [0.29, 0.717) is 5.92 Å². The molecule has 0 amide bonds. The second-order valence-corrected chi connectivity index (χ2v) is 5.36. The van der Waals surface area contributed by atoms with Crippen LogP contribution in [0.3, 0.4) is 0 Å². The molecule has 2 aromatic rings. The standard InChI is InChI=1S/C15H20N4O/c1-18-9-3-4-12(10-18)15-17-16-11-19(15)13-5-7-14(20-2)8-6-13/h5-8,11-12H,3-4,9-10H2,1-2H3/t12-/m0/s1. The summed E-state index contributed by atoms with van der Waals surface area (Å²) in [5.41, 5.74) is 1.08. The smallest absolute Gasteiger partial charge is 0.141 e. The van der Waals surface area contributed by atoms with E-state index < -0.39 is 0 Å². The number of likely N-dealkylation sites (N-methyl/N-ethyl adjacent to an activating group) is 1. The number of piperidine rings is 1. The van der Waals surface area contributed by atoms with Crippen molar-refractivity contribution in [1.29, 1.82) is 0 Å². The molecule has 106 valence electrons. The molecule has 3 rings (SSSR count). The average Bonchev–Trinajstić information content (AvgIpc) is 2.97. The SMILES string of the molecule is COc1ccc(-n2cnnc2[C@H]2CCCN(C)C2)cc1. The molecule has 20 heavy (non-hydrogen) atoms. The van der Waals surface area contributed by atoms with Crippen molar-refractivity contribution in [2.75, 3.05) is 27.2 Å².